The number of halogens is 3. The SMILES string of the molecule is O=S(=O)(Cc1ccc(F)cc1)N1CCC(Oc2nc3c(F)cc(F)cc3s2)CC1. The minimum atomic E-state index is -3.53. The number of piperidine rings is 1. The zero-order valence-corrected chi connectivity index (χ0v) is 16.8. The Morgan fingerprint density at radius 3 is 2.45 bits per heavy atom. The lowest BCUT2D eigenvalue weighted by Gasteiger charge is -2.30. The van der Waals surface area contributed by atoms with Gasteiger partial charge < -0.3 is 4.74 Å². The van der Waals surface area contributed by atoms with Gasteiger partial charge in [0.1, 0.15) is 23.3 Å². The van der Waals surface area contributed by atoms with E-state index in [1.807, 2.05) is 0 Å². The van der Waals surface area contributed by atoms with Gasteiger partial charge in [0.15, 0.2) is 5.82 Å². The van der Waals surface area contributed by atoms with Crippen molar-refractivity contribution in [2.24, 2.45) is 0 Å². The van der Waals surface area contributed by atoms with Gasteiger partial charge in [0.25, 0.3) is 5.19 Å². The van der Waals surface area contributed by atoms with Crippen LogP contribution in [-0.4, -0.2) is 36.9 Å². The highest BCUT2D eigenvalue weighted by Crippen LogP contribution is 2.32. The summed E-state index contributed by atoms with van der Waals surface area (Å²) in [5.41, 5.74) is 0.583. The molecular formula is C19H17F3N2O3S2. The summed E-state index contributed by atoms with van der Waals surface area (Å²) in [4.78, 5) is 4.07. The minimum Gasteiger partial charge on any atom is -0.467 e. The molecule has 1 aliphatic heterocycles. The van der Waals surface area contributed by atoms with Crippen molar-refractivity contribution in [2.45, 2.75) is 24.7 Å². The van der Waals surface area contributed by atoms with Crippen LogP contribution in [-0.2, 0) is 15.8 Å². The molecule has 0 spiro atoms. The van der Waals surface area contributed by atoms with Gasteiger partial charge in [0.05, 0.1) is 10.5 Å². The minimum absolute atomic E-state index is 0.0608. The molecule has 2 aromatic carbocycles. The first-order valence-electron chi connectivity index (χ1n) is 8.95. The van der Waals surface area contributed by atoms with Crippen LogP contribution in [0, 0.1) is 17.5 Å². The standard InChI is InChI=1S/C19H17F3N2O3S2/c20-13-3-1-12(2-4-13)11-29(25,26)24-7-5-15(6-8-24)27-19-23-18-16(22)9-14(21)10-17(18)28-19/h1-4,9-10,15H,5-8,11H2. The quantitative estimate of drug-likeness (QED) is 0.597. The van der Waals surface area contributed by atoms with Crippen LogP contribution in [0.3, 0.4) is 0 Å². The lowest BCUT2D eigenvalue weighted by atomic mass is 10.1. The summed E-state index contributed by atoms with van der Waals surface area (Å²) < 4.78 is 72.8. The molecule has 1 aliphatic rings. The molecule has 0 bridgehead atoms. The molecule has 1 fully saturated rings. The molecule has 0 N–H and O–H groups in total. The van der Waals surface area contributed by atoms with Crippen LogP contribution in [0.25, 0.3) is 10.2 Å². The maximum atomic E-state index is 13.8. The molecule has 4 rings (SSSR count). The molecule has 1 saturated heterocycles. The van der Waals surface area contributed by atoms with Crippen molar-refractivity contribution in [3.05, 3.63) is 59.4 Å². The van der Waals surface area contributed by atoms with Gasteiger partial charge in [-0.05, 0) is 36.6 Å². The van der Waals surface area contributed by atoms with Crippen molar-refractivity contribution in [3.63, 3.8) is 0 Å². The fourth-order valence-corrected chi connectivity index (χ4v) is 5.72. The molecule has 0 amide bonds. The molecule has 1 aromatic heterocycles. The molecule has 0 unspecified atom stereocenters. The van der Waals surface area contributed by atoms with E-state index < -0.39 is 27.5 Å². The van der Waals surface area contributed by atoms with E-state index in [0.29, 0.717) is 23.1 Å². The van der Waals surface area contributed by atoms with Gasteiger partial charge in [-0.3, -0.25) is 0 Å². The number of ether oxygens (including phenoxy) is 1. The Bertz CT molecular complexity index is 1130. The number of sulfonamides is 1. The molecule has 10 heteroatoms. The Labute approximate surface area is 169 Å². The highest BCUT2D eigenvalue weighted by molar-refractivity contribution is 7.88. The lowest BCUT2D eigenvalue weighted by Crippen LogP contribution is -2.42. The molecule has 0 aliphatic carbocycles. The summed E-state index contributed by atoms with van der Waals surface area (Å²) in [7, 11) is -3.53. The first-order chi connectivity index (χ1) is 13.8. The maximum Gasteiger partial charge on any atom is 0.274 e. The third-order valence-electron chi connectivity index (χ3n) is 4.72. The summed E-state index contributed by atoms with van der Waals surface area (Å²) in [6.45, 7) is 0.560. The van der Waals surface area contributed by atoms with E-state index in [-0.39, 0.29) is 35.7 Å². The fraction of sp³-hybridized carbons (Fsp3) is 0.316. The third-order valence-corrected chi connectivity index (χ3v) is 7.46. The topological polar surface area (TPSA) is 59.5 Å². The van der Waals surface area contributed by atoms with Crippen LogP contribution in [0.1, 0.15) is 18.4 Å². The summed E-state index contributed by atoms with van der Waals surface area (Å²) in [6, 6.07) is 7.36. The Morgan fingerprint density at radius 1 is 1.07 bits per heavy atom. The Balaban J connectivity index is 1.38. The van der Waals surface area contributed by atoms with E-state index in [9.17, 15) is 21.6 Å². The molecule has 2 heterocycles. The summed E-state index contributed by atoms with van der Waals surface area (Å²) >= 11 is 1.05. The van der Waals surface area contributed by atoms with E-state index in [0.717, 1.165) is 17.4 Å². The predicted molar refractivity (Wildman–Crippen MR) is 104 cm³/mol. The van der Waals surface area contributed by atoms with Crippen LogP contribution < -0.4 is 4.74 Å². The summed E-state index contributed by atoms with van der Waals surface area (Å²) in [6.07, 6.45) is 0.644. The fourth-order valence-electron chi connectivity index (χ4n) is 3.24. The van der Waals surface area contributed by atoms with E-state index in [1.54, 1.807) is 0 Å². The monoisotopic (exact) mass is 442 g/mol. The number of benzene rings is 2. The highest BCUT2D eigenvalue weighted by atomic mass is 32.2. The van der Waals surface area contributed by atoms with Crippen LogP contribution in [0.2, 0.25) is 0 Å². The van der Waals surface area contributed by atoms with E-state index in [2.05, 4.69) is 4.98 Å². The van der Waals surface area contributed by atoms with Gasteiger partial charge in [-0.1, -0.05) is 23.5 Å². The molecule has 0 saturated carbocycles. The number of hydrogen-bond donors (Lipinski definition) is 0. The summed E-state index contributed by atoms with van der Waals surface area (Å²) in [5, 5.41) is 0.233. The Kier molecular flexibility index (Phi) is 5.50. The van der Waals surface area contributed by atoms with E-state index in [1.165, 1.54) is 34.6 Å². The number of rotatable bonds is 5. The molecule has 0 radical (unpaired) electrons. The van der Waals surface area contributed by atoms with Gasteiger partial charge in [0.2, 0.25) is 10.0 Å². The molecule has 5 nitrogen and oxygen atoms in total. The van der Waals surface area contributed by atoms with Crippen molar-refractivity contribution >= 4 is 31.6 Å². The van der Waals surface area contributed by atoms with Gasteiger partial charge in [0, 0.05) is 19.2 Å². The third kappa shape index (κ3) is 4.54. The number of fused-ring (bicyclic) bond motifs is 1. The van der Waals surface area contributed by atoms with Crippen molar-refractivity contribution in [3.8, 4) is 5.19 Å². The van der Waals surface area contributed by atoms with Crippen LogP contribution in [0.5, 0.6) is 5.19 Å². The maximum absolute atomic E-state index is 13.8. The van der Waals surface area contributed by atoms with Gasteiger partial charge >= 0.3 is 0 Å². The zero-order valence-electron chi connectivity index (χ0n) is 15.1. The number of aromatic nitrogens is 1. The Morgan fingerprint density at radius 2 is 1.76 bits per heavy atom. The van der Waals surface area contributed by atoms with Crippen molar-refractivity contribution in [1.29, 1.82) is 0 Å². The molecule has 29 heavy (non-hydrogen) atoms. The number of hydrogen-bond acceptors (Lipinski definition) is 5. The van der Waals surface area contributed by atoms with Crippen LogP contribution in [0.15, 0.2) is 36.4 Å². The van der Waals surface area contributed by atoms with Gasteiger partial charge in [-0.25, -0.2) is 25.9 Å². The first-order valence-corrected chi connectivity index (χ1v) is 11.4. The highest BCUT2D eigenvalue weighted by Gasteiger charge is 2.29. The Hall–Kier alpha value is -2.17. The van der Waals surface area contributed by atoms with Crippen molar-refractivity contribution < 1.29 is 26.3 Å². The molecule has 3 aromatic rings. The van der Waals surface area contributed by atoms with Crippen LogP contribution >= 0.6 is 11.3 Å². The second-order valence-electron chi connectivity index (χ2n) is 6.81. The van der Waals surface area contributed by atoms with Gasteiger partial charge in [-0.2, -0.15) is 4.98 Å². The zero-order chi connectivity index (χ0) is 20.6. The van der Waals surface area contributed by atoms with Crippen molar-refractivity contribution in [1.82, 2.24) is 9.29 Å². The predicted octanol–water partition coefficient (Wildman–Crippen LogP) is 4.09. The molecule has 0 atom stereocenters. The number of nitrogens with zero attached hydrogens (tertiary/aromatic N) is 2. The lowest BCUT2D eigenvalue weighted by molar-refractivity contribution is 0.135. The molecular weight excluding hydrogens is 425 g/mol. The second kappa shape index (κ2) is 7.92. The first kappa shape index (κ1) is 20.1. The van der Waals surface area contributed by atoms with Crippen molar-refractivity contribution in [2.75, 3.05) is 13.1 Å². The van der Waals surface area contributed by atoms with Crippen LogP contribution in [0.4, 0.5) is 13.2 Å². The normalized spacial score (nSPS) is 16.4. The summed E-state index contributed by atoms with van der Waals surface area (Å²) in [5.74, 6) is -2.03. The molecule has 154 valence electrons. The average molecular weight is 442 g/mol. The second-order valence-corrected chi connectivity index (χ2v) is 9.78. The van der Waals surface area contributed by atoms with E-state index in [4.69, 9.17) is 4.74 Å². The average Bonchev–Trinajstić information content (AvgIpc) is 3.06. The number of thiazole rings is 1. The smallest absolute Gasteiger partial charge is 0.274 e. The van der Waals surface area contributed by atoms with E-state index >= 15 is 0 Å². The largest absolute Gasteiger partial charge is 0.467 e. The van der Waals surface area contributed by atoms with Gasteiger partial charge in [-0.15, -0.1) is 0 Å².